The third kappa shape index (κ3) is 4.26. The smallest absolute Gasteiger partial charge is 0.465 e. The van der Waals surface area contributed by atoms with Crippen LogP contribution in [0.15, 0.2) is 28.8 Å². The highest BCUT2D eigenvalue weighted by atomic mass is 16.7. The Bertz CT molecular complexity index is 677. The van der Waals surface area contributed by atoms with Crippen LogP contribution in [0, 0.1) is 5.92 Å². The summed E-state index contributed by atoms with van der Waals surface area (Å²) in [6.45, 7) is 18.9. The Morgan fingerprint density at radius 3 is 2.14 bits per heavy atom. The molecule has 0 aromatic heterocycles. The molecule has 0 aromatic carbocycles. The lowest BCUT2D eigenvalue weighted by atomic mass is 9.61. The number of allylic oxidation sites excluding steroid dienone is 2. The topological polar surface area (TPSA) is 40.0 Å². The second kappa shape index (κ2) is 7.02. The molecule has 0 radical (unpaired) electrons. The van der Waals surface area contributed by atoms with Gasteiger partial charge in [-0.05, 0) is 79.2 Å². The molecule has 1 saturated heterocycles. The van der Waals surface area contributed by atoms with E-state index in [0.717, 1.165) is 25.2 Å². The molecule has 4 nitrogen and oxygen atoms in total. The monoisotopic (exact) mass is 387 g/mol. The Morgan fingerprint density at radius 1 is 1.14 bits per heavy atom. The fourth-order valence-corrected chi connectivity index (χ4v) is 4.50. The van der Waals surface area contributed by atoms with Crippen LogP contribution in [0.5, 0.6) is 0 Å². The Balaban J connectivity index is 1.73. The third-order valence-electron chi connectivity index (χ3n) is 6.49. The molecule has 1 unspecified atom stereocenters. The molecule has 0 N–H and O–H groups in total. The van der Waals surface area contributed by atoms with Crippen molar-refractivity contribution >= 4 is 13.0 Å². The minimum absolute atomic E-state index is 0.133. The summed E-state index contributed by atoms with van der Waals surface area (Å²) in [5, 5.41) is 0. The van der Waals surface area contributed by atoms with Crippen LogP contribution in [0.25, 0.3) is 0 Å². The maximum atomic E-state index is 6.25. The first kappa shape index (κ1) is 21.6. The van der Waals surface area contributed by atoms with Crippen molar-refractivity contribution in [3.05, 3.63) is 23.8 Å². The zero-order valence-corrected chi connectivity index (χ0v) is 19.3. The van der Waals surface area contributed by atoms with E-state index in [1.807, 2.05) is 6.92 Å². The second-order valence-electron chi connectivity index (χ2n) is 10.9. The van der Waals surface area contributed by atoms with E-state index in [9.17, 15) is 0 Å². The van der Waals surface area contributed by atoms with E-state index in [-0.39, 0.29) is 35.3 Å². The van der Waals surface area contributed by atoms with Crippen LogP contribution in [0.1, 0.15) is 81.6 Å². The zero-order valence-electron chi connectivity index (χ0n) is 19.3. The van der Waals surface area contributed by atoms with Crippen LogP contribution >= 0.6 is 0 Å². The SMILES string of the molecule is CC(=NC1(C2=CCC(B3OC(C)(C)C(C)(C)O3)C=C2)CC(C)C1)OC(C)(C)C. The summed E-state index contributed by atoms with van der Waals surface area (Å²) >= 11 is 0. The highest BCUT2D eigenvalue weighted by Crippen LogP contribution is 2.49. The molecule has 2 aliphatic carbocycles. The summed E-state index contributed by atoms with van der Waals surface area (Å²) in [7, 11) is -0.190. The summed E-state index contributed by atoms with van der Waals surface area (Å²) in [6, 6.07) is 0. The minimum Gasteiger partial charge on any atom is -0.476 e. The number of aliphatic imine (C=N–C) groups is 1. The van der Waals surface area contributed by atoms with E-state index in [2.05, 4.69) is 73.6 Å². The molecule has 5 heteroatoms. The van der Waals surface area contributed by atoms with Gasteiger partial charge in [-0.15, -0.1) is 0 Å². The standard InChI is InChI=1S/C23H38BNO3/c1-16-14-23(15-16,25-17(2)26-20(3,4)5)18-10-12-19(13-11-18)24-27-21(6,7)22(8,9)28-24/h10-12,16,19H,13-15H2,1-9H3. The first-order valence-electron chi connectivity index (χ1n) is 10.7. The lowest BCUT2D eigenvalue weighted by Gasteiger charge is -2.45. The Kier molecular flexibility index (Phi) is 5.42. The highest BCUT2D eigenvalue weighted by Gasteiger charge is 2.53. The molecule has 3 rings (SSSR count). The first-order valence-corrected chi connectivity index (χ1v) is 10.7. The summed E-state index contributed by atoms with van der Waals surface area (Å²) in [6.07, 6.45) is 9.93. The van der Waals surface area contributed by atoms with Crippen LogP contribution in [-0.2, 0) is 14.0 Å². The maximum Gasteiger partial charge on any atom is 0.465 e. The van der Waals surface area contributed by atoms with Gasteiger partial charge in [-0.25, -0.2) is 4.99 Å². The summed E-state index contributed by atoms with van der Waals surface area (Å²) < 4.78 is 18.5. The van der Waals surface area contributed by atoms with E-state index in [0.29, 0.717) is 5.92 Å². The van der Waals surface area contributed by atoms with Crippen LogP contribution in [0.4, 0.5) is 0 Å². The van der Waals surface area contributed by atoms with Gasteiger partial charge in [-0.3, -0.25) is 0 Å². The predicted octanol–water partition coefficient (Wildman–Crippen LogP) is 5.74. The molecule has 0 amide bonds. The van der Waals surface area contributed by atoms with Gasteiger partial charge in [0.2, 0.25) is 0 Å². The van der Waals surface area contributed by atoms with Crippen LogP contribution in [-0.4, -0.2) is 35.4 Å². The Labute approximate surface area is 171 Å². The van der Waals surface area contributed by atoms with E-state index in [4.69, 9.17) is 19.0 Å². The molecular weight excluding hydrogens is 349 g/mol. The molecule has 1 saturated carbocycles. The normalized spacial score (nSPS) is 34.8. The second-order valence-corrected chi connectivity index (χ2v) is 10.9. The van der Waals surface area contributed by atoms with Crippen molar-refractivity contribution < 1.29 is 14.0 Å². The number of hydrogen-bond donors (Lipinski definition) is 0. The highest BCUT2D eigenvalue weighted by molar-refractivity contribution is 6.48. The van der Waals surface area contributed by atoms with Crippen molar-refractivity contribution in [2.45, 2.75) is 110 Å². The molecule has 3 aliphatic rings. The number of hydrogen-bond acceptors (Lipinski definition) is 4. The maximum absolute atomic E-state index is 6.25. The molecule has 0 bridgehead atoms. The molecule has 28 heavy (non-hydrogen) atoms. The average Bonchev–Trinajstić information content (AvgIpc) is 2.72. The molecule has 1 atom stereocenters. The van der Waals surface area contributed by atoms with Gasteiger partial charge in [0, 0.05) is 12.7 Å². The van der Waals surface area contributed by atoms with E-state index < -0.39 is 0 Å². The van der Waals surface area contributed by atoms with Gasteiger partial charge in [0.1, 0.15) is 5.60 Å². The predicted molar refractivity (Wildman–Crippen MR) is 117 cm³/mol. The van der Waals surface area contributed by atoms with E-state index in [1.165, 1.54) is 5.57 Å². The summed E-state index contributed by atoms with van der Waals surface area (Å²) in [5.74, 6) is 1.72. The third-order valence-corrected chi connectivity index (χ3v) is 6.49. The van der Waals surface area contributed by atoms with E-state index in [1.54, 1.807) is 0 Å². The quantitative estimate of drug-likeness (QED) is 0.352. The number of rotatable bonds is 3. The molecule has 0 spiro atoms. The fraction of sp³-hybridized carbons (Fsp3) is 0.783. The fourth-order valence-electron chi connectivity index (χ4n) is 4.50. The summed E-state index contributed by atoms with van der Waals surface area (Å²) in [4.78, 5) is 5.05. The Hall–Kier alpha value is -1.07. The zero-order chi connectivity index (χ0) is 21.0. The van der Waals surface area contributed by atoms with Gasteiger partial charge in [0.15, 0.2) is 5.90 Å². The largest absolute Gasteiger partial charge is 0.476 e. The van der Waals surface area contributed by atoms with E-state index >= 15 is 0 Å². The number of nitrogens with zero attached hydrogens (tertiary/aromatic N) is 1. The molecule has 1 heterocycles. The van der Waals surface area contributed by atoms with Gasteiger partial charge >= 0.3 is 7.12 Å². The van der Waals surface area contributed by atoms with Gasteiger partial charge in [-0.2, -0.15) is 0 Å². The van der Waals surface area contributed by atoms with Gasteiger partial charge in [0.25, 0.3) is 0 Å². The van der Waals surface area contributed by atoms with Crippen molar-refractivity contribution in [2.75, 3.05) is 0 Å². The molecule has 2 fully saturated rings. The van der Waals surface area contributed by atoms with Crippen molar-refractivity contribution in [3.63, 3.8) is 0 Å². The van der Waals surface area contributed by atoms with Gasteiger partial charge in [-0.1, -0.05) is 25.2 Å². The van der Waals surface area contributed by atoms with Crippen molar-refractivity contribution in [2.24, 2.45) is 10.9 Å². The first-order chi connectivity index (χ1) is 12.7. The summed E-state index contributed by atoms with van der Waals surface area (Å²) in [5.41, 5.74) is 0.391. The molecule has 1 aliphatic heterocycles. The molecule has 156 valence electrons. The number of ether oxygens (including phenoxy) is 1. The van der Waals surface area contributed by atoms with Crippen LogP contribution in [0.2, 0.25) is 5.82 Å². The van der Waals surface area contributed by atoms with Crippen molar-refractivity contribution in [3.8, 4) is 0 Å². The van der Waals surface area contributed by atoms with Gasteiger partial charge in [0.05, 0.1) is 16.7 Å². The lowest BCUT2D eigenvalue weighted by molar-refractivity contribution is 0.00578. The van der Waals surface area contributed by atoms with Crippen LogP contribution in [0.3, 0.4) is 0 Å². The molecular formula is C23H38BNO3. The minimum atomic E-state index is -0.286. The van der Waals surface area contributed by atoms with Crippen LogP contribution < -0.4 is 0 Å². The Morgan fingerprint density at radius 2 is 1.71 bits per heavy atom. The van der Waals surface area contributed by atoms with Crippen molar-refractivity contribution in [1.82, 2.24) is 0 Å². The average molecular weight is 387 g/mol. The molecule has 0 aromatic rings. The van der Waals surface area contributed by atoms with Gasteiger partial charge < -0.3 is 14.0 Å². The van der Waals surface area contributed by atoms with Crippen molar-refractivity contribution in [1.29, 1.82) is 0 Å². The lowest BCUT2D eigenvalue weighted by Crippen LogP contribution is -2.44.